The molecule has 26 heavy (non-hydrogen) atoms. The Kier molecular flexibility index (Phi) is 6.57. The van der Waals surface area contributed by atoms with Crippen LogP contribution in [0.3, 0.4) is 0 Å². The lowest BCUT2D eigenvalue weighted by Crippen LogP contribution is -2.27. The van der Waals surface area contributed by atoms with Gasteiger partial charge in [0.05, 0.1) is 5.69 Å². The van der Waals surface area contributed by atoms with Crippen molar-refractivity contribution in [2.75, 3.05) is 25.0 Å². The van der Waals surface area contributed by atoms with Gasteiger partial charge < -0.3 is 10.2 Å². The molecule has 0 aliphatic carbocycles. The minimum atomic E-state index is 0.169. The first-order valence-electron chi connectivity index (χ1n) is 8.51. The summed E-state index contributed by atoms with van der Waals surface area (Å²) in [5, 5.41) is 4.60. The lowest BCUT2D eigenvalue weighted by atomic mass is 10.1. The van der Waals surface area contributed by atoms with Crippen molar-refractivity contribution in [3.05, 3.63) is 50.9 Å². The maximum Gasteiger partial charge on any atom is 0.224 e. The smallest absolute Gasteiger partial charge is 0.224 e. The normalized spacial score (nSPS) is 14.1. The molecule has 1 aliphatic rings. The molecule has 1 fully saturated rings. The Balaban J connectivity index is 1.59. The molecule has 1 aliphatic heterocycles. The molecule has 8 heteroatoms. The summed E-state index contributed by atoms with van der Waals surface area (Å²) in [5.41, 5.74) is 1.54. The molecule has 1 aromatic carbocycles. The van der Waals surface area contributed by atoms with Gasteiger partial charge in [-0.05, 0) is 42.1 Å². The second kappa shape index (κ2) is 8.89. The summed E-state index contributed by atoms with van der Waals surface area (Å²) in [4.78, 5) is 22.0. The van der Waals surface area contributed by atoms with E-state index in [9.17, 15) is 4.79 Å². The van der Waals surface area contributed by atoms with Gasteiger partial charge in [0.2, 0.25) is 11.2 Å². The van der Waals surface area contributed by atoms with E-state index in [1.165, 1.54) is 0 Å². The van der Waals surface area contributed by atoms with Crippen molar-refractivity contribution in [3.8, 4) is 0 Å². The summed E-state index contributed by atoms with van der Waals surface area (Å²) in [6.45, 7) is 2.32. The van der Waals surface area contributed by atoms with Crippen LogP contribution in [-0.4, -0.2) is 40.4 Å². The first-order valence-corrected chi connectivity index (χ1v) is 9.64. The molecular formula is C18H19Cl3N4O. The molecule has 0 radical (unpaired) electrons. The Hall–Kier alpha value is -1.56. The van der Waals surface area contributed by atoms with E-state index in [1.54, 1.807) is 18.2 Å². The van der Waals surface area contributed by atoms with Gasteiger partial charge in [-0.25, -0.2) is 9.97 Å². The maximum atomic E-state index is 11.6. The number of benzene rings is 1. The Morgan fingerprint density at radius 1 is 1.15 bits per heavy atom. The highest BCUT2D eigenvalue weighted by molar-refractivity contribution is 6.36. The Morgan fingerprint density at radius 3 is 2.62 bits per heavy atom. The van der Waals surface area contributed by atoms with Crippen molar-refractivity contribution in [3.63, 3.8) is 0 Å². The van der Waals surface area contributed by atoms with Crippen LogP contribution in [0, 0.1) is 0 Å². The second-order valence-electron chi connectivity index (χ2n) is 6.16. The van der Waals surface area contributed by atoms with Crippen LogP contribution in [0.2, 0.25) is 15.3 Å². The molecule has 0 spiro atoms. The van der Waals surface area contributed by atoms with Crippen LogP contribution in [-0.2, 0) is 11.2 Å². The summed E-state index contributed by atoms with van der Waals surface area (Å²) in [6, 6.07) is 7.24. The van der Waals surface area contributed by atoms with Gasteiger partial charge in [-0.3, -0.25) is 4.79 Å². The number of nitrogens with zero attached hydrogens (tertiary/aromatic N) is 3. The fourth-order valence-electron chi connectivity index (χ4n) is 2.96. The predicted octanol–water partition coefficient (Wildman–Crippen LogP) is 4.45. The van der Waals surface area contributed by atoms with Gasteiger partial charge in [-0.2, -0.15) is 0 Å². The number of carbonyl (C=O) groups is 1. The van der Waals surface area contributed by atoms with Gasteiger partial charge in [0.15, 0.2) is 0 Å². The summed E-state index contributed by atoms with van der Waals surface area (Å²) >= 11 is 18.5. The van der Waals surface area contributed by atoms with E-state index in [0.717, 1.165) is 37.2 Å². The zero-order valence-electron chi connectivity index (χ0n) is 14.1. The van der Waals surface area contributed by atoms with Gasteiger partial charge in [0.25, 0.3) is 0 Å². The molecule has 2 aromatic rings. The third kappa shape index (κ3) is 5.00. The molecule has 2 heterocycles. The zero-order valence-corrected chi connectivity index (χ0v) is 16.4. The van der Waals surface area contributed by atoms with E-state index in [1.807, 2.05) is 11.0 Å². The number of halogens is 3. The lowest BCUT2D eigenvalue weighted by Gasteiger charge is -2.15. The summed E-state index contributed by atoms with van der Waals surface area (Å²) in [5.74, 6) is 0.893. The quantitative estimate of drug-likeness (QED) is 0.538. The monoisotopic (exact) mass is 412 g/mol. The van der Waals surface area contributed by atoms with Gasteiger partial charge in [0, 0.05) is 48.6 Å². The van der Waals surface area contributed by atoms with Crippen LogP contribution in [0.15, 0.2) is 24.3 Å². The number of amides is 1. The maximum absolute atomic E-state index is 11.6. The fourth-order valence-corrected chi connectivity index (χ4v) is 3.69. The number of rotatable bonds is 7. The Bertz CT molecular complexity index is 780. The van der Waals surface area contributed by atoms with E-state index in [2.05, 4.69) is 15.3 Å². The summed E-state index contributed by atoms with van der Waals surface area (Å²) in [6.07, 6.45) is 2.95. The summed E-state index contributed by atoms with van der Waals surface area (Å²) < 4.78 is 0. The highest BCUT2D eigenvalue weighted by atomic mass is 35.5. The van der Waals surface area contributed by atoms with Crippen LogP contribution >= 0.6 is 34.8 Å². The second-order valence-corrected chi connectivity index (χ2v) is 7.31. The van der Waals surface area contributed by atoms with E-state index in [-0.39, 0.29) is 11.2 Å². The minimum absolute atomic E-state index is 0.169. The van der Waals surface area contributed by atoms with Crippen LogP contribution in [0.1, 0.15) is 30.5 Å². The van der Waals surface area contributed by atoms with Crippen LogP contribution in [0.25, 0.3) is 0 Å². The number of aromatic nitrogens is 2. The third-order valence-electron chi connectivity index (χ3n) is 4.25. The van der Waals surface area contributed by atoms with Gasteiger partial charge in [0.1, 0.15) is 5.82 Å². The van der Waals surface area contributed by atoms with E-state index in [4.69, 9.17) is 34.8 Å². The van der Waals surface area contributed by atoms with Crippen molar-refractivity contribution in [1.82, 2.24) is 14.9 Å². The molecular weight excluding hydrogens is 395 g/mol. The zero-order chi connectivity index (χ0) is 18.5. The molecule has 1 saturated heterocycles. The van der Waals surface area contributed by atoms with Crippen molar-refractivity contribution in [1.29, 1.82) is 0 Å². The molecule has 1 N–H and O–H groups in total. The topological polar surface area (TPSA) is 58.1 Å². The molecule has 0 unspecified atom stereocenters. The molecule has 138 valence electrons. The summed E-state index contributed by atoms with van der Waals surface area (Å²) in [7, 11) is 0. The highest BCUT2D eigenvalue weighted by Crippen LogP contribution is 2.27. The fraction of sp³-hybridized carbons (Fsp3) is 0.389. The third-order valence-corrected chi connectivity index (χ3v) is 5.13. The average molecular weight is 414 g/mol. The van der Waals surface area contributed by atoms with Crippen LogP contribution in [0.4, 0.5) is 5.82 Å². The van der Waals surface area contributed by atoms with Crippen molar-refractivity contribution in [2.45, 2.75) is 25.7 Å². The first kappa shape index (κ1) is 19.2. The molecule has 0 atom stereocenters. The highest BCUT2D eigenvalue weighted by Gasteiger charge is 2.19. The van der Waals surface area contributed by atoms with Crippen LogP contribution in [0.5, 0.6) is 0 Å². The Labute approximate surface area is 167 Å². The van der Waals surface area contributed by atoms with Crippen molar-refractivity contribution in [2.24, 2.45) is 0 Å². The van der Waals surface area contributed by atoms with Gasteiger partial charge in [-0.15, -0.1) is 0 Å². The van der Waals surface area contributed by atoms with Gasteiger partial charge in [-0.1, -0.05) is 29.3 Å². The number of nitrogens with one attached hydrogen (secondary N) is 1. The molecule has 0 bridgehead atoms. The van der Waals surface area contributed by atoms with E-state index >= 15 is 0 Å². The van der Waals surface area contributed by atoms with E-state index < -0.39 is 0 Å². The molecule has 5 nitrogen and oxygen atoms in total. The number of likely N-dealkylation sites (tertiary alicyclic amines) is 1. The number of carbonyl (C=O) groups excluding carboxylic acids is 1. The van der Waals surface area contributed by atoms with Crippen molar-refractivity contribution < 1.29 is 4.79 Å². The SMILES string of the molecule is O=C1CCCN1CCCNc1cc(Cc2c(Cl)cccc2Cl)nc(Cl)n1. The molecule has 1 aromatic heterocycles. The average Bonchev–Trinajstić information content (AvgIpc) is 3.00. The molecule has 3 rings (SSSR count). The number of anilines is 1. The standard InChI is InChI=1S/C18H19Cl3N4O/c19-14-4-1-5-15(20)13(14)10-12-11-16(24-18(21)23-12)22-7-3-9-25-8-2-6-17(25)26/h1,4-5,11H,2-3,6-10H2,(H,22,23,24). The van der Waals surface area contributed by atoms with Crippen LogP contribution < -0.4 is 5.32 Å². The number of hydrogen-bond donors (Lipinski definition) is 1. The largest absolute Gasteiger partial charge is 0.370 e. The Morgan fingerprint density at radius 2 is 1.92 bits per heavy atom. The number of hydrogen-bond acceptors (Lipinski definition) is 4. The molecule has 0 saturated carbocycles. The van der Waals surface area contributed by atoms with E-state index in [0.29, 0.717) is 35.2 Å². The van der Waals surface area contributed by atoms with Crippen molar-refractivity contribution >= 4 is 46.5 Å². The lowest BCUT2D eigenvalue weighted by molar-refractivity contribution is -0.127. The first-order chi connectivity index (χ1) is 12.5. The molecule has 1 amide bonds. The minimum Gasteiger partial charge on any atom is -0.370 e. The predicted molar refractivity (Wildman–Crippen MR) is 105 cm³/mol. The van der Waals surface area contributed by atoms with Gasteiger partial charge >= 0.3 is 0 Å².